The number of sulfonamides is 1. The topological polar surface area (TPSA) is 72.5 Å². The molecule has 0 spiro atoms. The Morgan fingerprint density at radius 1 is 1.12 bits per heavy atom. The van der Waals surface area contributed by atoms with Crippen LogP contribution in [0.25, 0.3) is 0 Å². The number of halogens is 1. The predicted molar refractivity (Wildman–Crippen MR) is 97.0 cm³/mol. The van der Waals surface area contributed by atoms with E-state index in [9.17, 15) is 13.2 Å². The van der Waals surface area contributed by atoms with Crippen molar-refractivity contribution in [1.82, 2.24) is 4.72 Å². The van der Waals surface area contributed by atoms with Crippen molar-refractivity contribution in [2.24, 2.45) is 0 Å². The standard InChI is InChI=1S/C18H20ClNO4S/c1-13-3-4-14(2)17(11-13)25(22,23)20-10-9-18(21)24-12-15-5-7-16(19)8-6-15/h3-8,11,20H,9-10,12H2,1-2H3. The van der Waals surface area contributed by atoms with Crippen LogP contribution in [-0.2, 0) is 26.2 Å². The van der Waals surface area contributed by atoms with Crippen molar-refractivity contribution in [1.29, 1.82) is 0 Å². The van der Waals surface area contributed by atoms with Gasteiger partial charge in [0.15, 0.2) is 0 Å². The third kappa shape index (κ3) is 5.85. The summed E-state index contributed by atoms with van der Waals surface area (Å²) < 4.78 is 32.2. The molecule has 0 fully saturated rings. The molecule has 0 aliphatic heterocycles. The number of esters is 1. The summed E-state index contributed by atoms with van der Waals surface area (Å²) in [5, 5.41) is 0.607. The van der Waals surface area contributed by atoms with Gasteiger partial charge in [-0.2, -0.15) is 0 Å². The van der Waals surface area contributed by atoms with Crippen LogP contribution in [0.1, 0.15) is 23.1 Å². The zero-order valence-corrected chi connectivity index (χ0v) is 15.7. The van der Waals surface area contributed by atoms with Crippen molar-refractivity contribution in [3.05, 3.63) is 64.2 Å². The van der Waals surface area contributed by atoms with E-state index < -0.39 is 16.0 Å². The molecule has 0 aromatic heterocycles. The number of hydrogen-bond donors (Lipinski definition) is 1. The zero-order valence-electron chi connectivity index (χ0n) is 14.1. The summed E-state index contributed by atoms with van der Waals surface area (Å²) in [7, 11) is -3.65. The Morgan fingerprint density at radius 2 is 1.80 bits per heavy atom. The third-order valence-electron chi connectivity index (χ3n) is 3.57. The van der Waals surface area contributed by atoms with E-state index in [1.807, 2.05) is 13.0 Å². The van der Waals surface area contributed by atoms with Gasteiger partial charge in [-0.25, -0.2) is 13.1 Å². The molecule has 134 valence electrons. The molecule has 2 aromatic rings. The molecule has 2 rings (SSSR count). The Hall–Kier alpha value is -1.89. The van der Waals surface area contributed by atoms with Crippen molar-refractivity contribution in [3.8, 4) is 0 Å². The Balaban J connectivity index is 1.83. The van der Waals surface area contributed by atoms with Gasteiger partial charge in [0.05, 0.1) is 11.3 Å². The van der Waals surface area contributed by atoms with E-state index >= 15 is 0 Å². The second kappa shape index (κ2) is 8.47. The Morgan fingerprint density at radius 3 is 2.48 bits per heavy atom. The SMILES string of the molecule is Cc1ccc(C)c(S(=O)(=O)NCCC(=O)OCc2ccc(Cl)cc2)c1. The Labute approximate surface area is 153 Å². The van der Waals surface area contributed by atoms with Gasteiger partial charge in [-0.15, -0.1) is 0 Å². The van der Waals surface area contributed by atoms with E-state index in [0.29, 0.717) is 10.6 Å². The number of nitrogens with one attached hydrogen (secondary N) is 1. The zero-order chi connectivity index (χ0) is 18.4. The molecule has 25 heavy (non-hydrogen) atoms. The van der Waals surface area contributed by atoms with Crippen LogP contribution < -0.4 is 4.72 Å². The summed E-state index contributed by atoms with van der Waals surface area (Å²) >= 11 is 5.78. The molecule has 0 heterocycles. The molecule has 0 saturated heterocycles. The maximum Gasteiger partial charge on any atom is 0.307 e. The number of ether oxygens (including phenoxy) is 1. The molecule has 0 saturated carbocycles. The number of benzene rings is 2. The van der Waals surface area contributed by atoms with Crippen LogP contribution in [0.15, 0.2) is 47.4 Å². The maximum atomic E-state index is 12.3. The average Bonchev–Trinajstić information content (AvgIpc) is 2.56. The highest BCUT2D eigenvalue weighted by Crippen LogP contribution is 2.16. The molecule has 0 bridgehead atoms. The summed E-state index contributed by atoms with van der Waals surface area (Å²) in [5.41, 5.74) is 2.32. The van der Waals surface area contributed by atoms with Gasteiger partial charge in [0.2, 0.25) is 10.0 Å². The van der Waals surface area contributed by atoms with E-state index in [0.717, 1.165) is 11.1 Å². The second-order valence-electron chi connectivity index (χ2n) is 5.70. The van der Waals surface area contributed by atoms with E-state index in [-0.39, 0.29) is 24.5 Å². The van der Waals surface area contributed by atoms with Gasteiger partial charge in [-0.05, 0) is 48.7 Å². The lowest BCUT2D eigenvalue weighted by molar-refractivity contribution is -0.144. The third-order valence-corrected chi connectivity index (χ3v) is 5.42. The van der Waals surface area contributed by atoms with Crippen molar-refractivity contribution < 1.29 is 17.9 Å². The minimum absolute atomic E-state index is 0.0187. The molecular weight excluding hydrogens is 362 g/mol. The van der Waals surface area contributed by atoms with Crippen LogP contribution in [0, 0.1) is 13.8 Å². The first-order valence-corrected chi connectivity index (χ1v) is 9.61. The molecule has 0 atom stereocenters. The van der Waals surface area contributed by atoms with Gasteiger partial charge in [0, 0.05) is 11.6 Å². The van der Waals surface area contributed by atoms with E-state index in [4.69, 9.17) is 16.3 Å². The fourth-order valence-corrected chi connectivity index (χ4v) is 3.66. The van der Waals surface area contributed by atoms with Gasteiger partial charge >= 0.3 is 5.97 Å². The van der Waals surface area contributed by atoms with Crippen molar-refractivity contribution in [2.75, 3.05) is 6.54 Å². The quantitative estimate of drug-likeness (QED) is 0.746. The Bertz CT molecular complexity index is 848. The number of carbonyl (C=O) groups excluding carboxylic acids is 1. The number of aryl methyl sites for hydroxylation is 2. The molecule has 0 aliphatic carbocycles. The lowest BCUT2D eigenvalue weighted by atomic mass is 10.2. The molecule has 2 aromatic carbocycles. The number of carbonyl (C=O) groups is 1. The minimum Gasteiger partial charge on any atom is -0.461 e. The molecule has 7 heteroatoms. The van der Waals surface area contributed by atoms with Gasteiger partial charge < -0.3 is 4.74 Å². The molecule has 5 nitrogen and oxygen atoms in total. The van der Waals surface area contributed by atoms with Gasteiger partial charge in [0.1, 0.15) is 6.61 Å². The summed E-state index contributed by atoms with van der Waals surface area (Å²) in [6, 6.07) is 12.2. The highest BCUT2D eigenvalue weighted by molar-refractivity contribution is 7.89. The lowest BCUT2D eigenvalue weighted by Crippen LogP contribution is -2.27. The first kappa shape index (κ1) is 19.4. The fraction of sp³-hybridized carbons (Fsp3) is 0.278. The average molecular weight is 382 g/mol. The molecule has 0 radical (unpaired) electrons. The largest absolute Gasteiger partial charge is 0.461 e. The number of rotatable bonds is 7. The van der Waals surface area contributed by atoms with Crippen LogP contribution in [0.4, 0.5) is 0 Å². The van der Waals surface area contributed by atoms with Crippen molar-refractivity contribution in [3.63, 3.8) is 0 Å². The van der Waals surface area contributed by atoms with E-state index in [2.05, 4.69) is 4.72 Å². The second-order valence-corrected chi connectivity index (χ2v) is 7.88. The van der Waals surface area contributed by atoms with E-state index in [1.165, 1.54) is 0 Å². The smallest absolute Gasteiger partial charge is 0.307 e. The van der Waals surface area contributed by atoms with Crippen LogP contribution >= 0.6 is 11.6 Å². The molecule has 0 amide bonds. The first-order valence-electron chi connectivity index (χ1n) is 7.75. The Kier molecular flexibility index (Phi) is 6.58. The van der Waals surface area contributed by atoms with Crippen LogP contribution in [-0.4, -0.2) is 20.9 Å². The van der Waals surface area contributed by atoms with Gasteiger partial charge in [0.25, 0.3) is 0 Å². The molecular formula is C18H20ClNO4S. The fourth-order valence-electron chi connectivity index (χ4n) is 2.18. The highest BCUT2D eigenvalue weighted by Gasteiger charge is 2.17. The summed E-state index contributed by atoms with van der Waals surface area (Å²) in [6.45, 7) is 3.66. The van der Waals surface area contributed by atoms with Crippen molar-refractivity contribution in [2.45, 2.75) is 31.8 Å². The van der Waals surface area contributed by atoms with Crippen LogP contribution in [0.3, 0.4) is 0 Å². The first-order chi connectivity index (χ1) is 11.8. The molecule has 0 unspecified atom stereocenters. The molecule has 1 N–H and O–H groups in total. The summed E-state index contributed by atoms with van der Waals surface area (Å²) in [5.74, 6) is -0.474. The van der Waals surface area contributed by atoms with Gasteiger partial charge in [-0.3, -0.25) is 4.79 Å². The predicted octanol–water partition coefficient (Wildman–Crippen LogP) is 3.37. The van der Waals surface area contributed by atoms with Gasteiger partial charge in [-0.1, -0.05) is 35.9 Å². The summed E-state index contributed by atoms with van der Waals surface area (Å²) in [4.78, 5) is 12.0. The normalized spacial score (nSPS) is 11.3. The minimum atomic E-state index is -3.65. The maximum absolute atomic E-state index is 12.3. The van der Waals surface area contributed by atoms with Crippen molar-refractivity contribution >= 4 is 27.6 Å². The number of hydrogen-bond acceptors (Lipinski definition) is 4. The lowest BCUT2D eigenvalue weighted by Gasteiger charge is -2.10. The highest BCUT2D eigenvalue weighted by atomic mass is 35.5. The molecule has 0 aliphatic rings. The summed E-state index contributed by atoms with van der Waals surface area (Å²) in [6.07, 6.45) is -0.0440. The van der Waals surface area contributed by atoms with E-state index in [1.54, 1.807) is 43.3 Å². The monoisotopic (exact) mass is 381 g/mol. The van der Waals surface area contributed by atoms with Crippen LogP contribution in [0.2, 0.25) is 5.02 Å². The van der Waals surface area contributed by atoms with Crippen LogP contribution in [0.5, 0.6) is 0 Å².